The minimum atomic E-state index is 0.402. The van der Waals surface area contributed by atoms with Gasteiger partial charge in [-0.25, -0.2) is 4.63 Å². The highest BCUT2D eigenvalue weighted by Crippen LogP contribution is 2.34. The fourth-order valence-corrected chi connectivity index (χ4v) is 13.5. The number of hydrogen-bond donors (Lipinski definition) is 1. The first kappa shape index (κ1) is 89.8. The molecule has 15 nitrogen and oxygen atoms in total. The third-order valence-electron chi connectivity index (χ3n) is 15.4. The monoisotopic (exact) mass is 1370 g/mol. The zero-order valence-corrected chi connectivity index (χ0v) is 69.7. The minimum Gasteiger partial charge on any atom is -0.367 e. The maximum Gasteiger partial charge on any atom is 0.142 e. The smallest absolute Gasteiger partial charge is 0.142 e. The Bertz CT molecular complexity index is 2830. The van der Waals surface area contributed by atoms with Crippen LogP contribution in [0.3, 0.4) is 0 Å². The standard InChI is InChI=1S/2C10H17NO.2C10H17NS.C10H17N.C9H17N3.C8H14N2O.C8H14N2S.C2H6/c1-6(2)9-8(5)12-11-10(9)7(3)4;1-6(2)9-8(5)11-12-10(9)7(3)4;1-6(2)9-8(5)12-11-10(9)7(3)4;1-6(2)9-8(5)11-12-10(9)7(3)4;1-7(2)9-5-11-6-10(9)8(3)4;1-6(2)8-9(7(3)4)11-12(5)10-8;2*1-5(2)7-8(6(3)4)10-11-9-7;1-2/h4*6-7H,1-5H3;5-8,11H,1-4H3;6-7H,1-5H3;2*5-6H,1-4H3;1-2H3. The highest BCUT2D eigenvalue weighted by Gasteiger charge is 2.22. The van der Waals surface area contributed by atoms with Gasteiger partial charge in [-0.15, -0.1) is 0 Å². The third kappa shape index (κ3) is 28.7. The predicted molar refractivity (Wildman–Crippen MR) is 409 cm³/mol. The largest absolute Gasteiger partial charge is 0.367 e. The van der Waals surface area contributed by atoms with E-state index in [4.69, 9.17) is 9.05 Å². The van der Waals surface area contributed by atoms with Crippen LogP contribution in [-0.2, 0) is 7.05 Å². The predicted octanol–water partition coefficient (Wildman–Crippen LogP) is 25.3. The van der Waals surface area contributed by atoms with Crippen LogP contribution < -0.4 is 0 Å². The second-order valence-corrected chi connectivity index (χ2v) is 31.8. The molecule has 0 aliphatic heterocycles. The molecule has 1 N–H and O–H groups in total. The van der Waals surface area contributed by atoms with Crippen LogP contribution in [0.25, 0.3) is 0 Å². The van der Waals surface area contributed by atoms with Gasteiger partial charge in [0.2, 0.25) is 0 Å². The van der Waals surface area contributed by atoms with Crippen LogP contribution in [0, 0.1) is 27.7 Å². The molecule has 0 aliphatic rings. The lowest BCUT2D eigenvalue weighted by atomic mass is 9.95. The van der Waals surface area contributed by atoms with Crippen LogP contribution in [0.4, 0.5) is 0 Å². The van der Waals surface area contributed by atoms with E-state index in [2.05, 4.69) is 306 Å². The average Bonchev–Trinajstić information content (AvgIpc) is 1.81. The lowest BCUT2D eigenvalue weighted by Gasteiger charge is -2.09. The Hall–Kier alpha value is -5.20. The van der Waals surface area contributed by atoms with Crippen molar-refractivity contribution < 1.29 is 13.7 Å². The Morgan fingerprint density at radius 3 is 1.02 bits per heavy atom. The first-order chi connectivity index (χ1) is 44.0. The maximum atomic E-state index is 5.27. The molecule has 0 atom stereocenters. The molecule has 8 heterocycles. The summed E-state index contributed by atoms with van der Waals surface area (Å²) in [5.41, 5.74) is 19.7. The lowest BCUT2D eigenvalue weighted by Crippen LogP contribution is -1.97. The van der Waals surface area contributed by atoms with E-state index in [-0.39, 0.29) is 0 Å². The molecule has 95 heavy (non-hydrogen) atoms. The number of H-pyrrole nitrogens is 1. The Morgan fingerprint density at radius 1 is 0.337 bits per heavy atom. The van der Waals surface area contributed by atoms with Crippen molar-refractivity contribution >= 4 is 34.8 Å². The molecular weight excluding hydrogens is 1240 g/mol. The number of aromatic nitrogens is 12. The molecule has 0 unspecified atom stereocenters. The van der Waals surface area contributed by atoms with Crippen LogP contribution >= 0.6 is 34.8 Å². The zero-order chi connectivity index (χ0) is 73.8. The normalized spacial score (nSPS) is 11.4. The quantitative estimate of drug-likeness (QED) is 0.0963. The summed E-state index contributed by atoms with van der Waals surface area (Å²) in [6.45, 7) is 81.8. The summed E-state index contributed by atoms with van der Waals surface area (Å²) in [6.07, 6.45) is 4.22. The molecule has 540 valence electrons. The van der Waals surface area contributed by atoms with Crippen LogP contribution in [0.15, 0.2) is 26.1 Å². The Morgan fingerprint density at radius 2 is 0.726 bits per heavy atom. The first-order valence-electron chi connectivity index (χ1n) is 35.6. The van der Waals surface area contributed by atoms with Gasteiger partial charge in [0.15, 0.2) is 0 Å². The molecule has 0 spiro atoms. The summed E-state index contributed by atoms with van der Waals surface area (Å²) in [5, 5.41) is 24.4. The van der Waals surface area contributed by atoms with Gasteiger partial charge >= 0.3 is 0 Å². The fourth-order valence-electron chi connectivity index (χ4n) is 10.7. The van der Waals surface area contributed by atoms with E-state index >= 15 is 0 Å². The van der Waals surface area contributed by atoms with Crippen LogP contribution in [0.1, 0.15) is 442 Å². The van der Waals surface area contributed by atoms with E-state index in [0.29, 0.717) is 94.7 Å². The molecule has 0 saturated heterocycles. The molecule has 8 aromatic heterocycles. The molecule has 8 rings (SSSR count). The van der Waals surface area contributed by atoms with Crippen molar-refractivity contribution in [1.29, 1.82) is 0 Å². The summed E-state index contributed by atoms with van der Waals surface area (Å²) < 4.78 is 32.5. The highest BCUT2D eigenvalue weighted by atomic mass is 32.1. The van der Waals surface area contributed by atoms with Crippen molar-refractivity contribution in [2.45, 2.75) is 358 Å². The number of aryl methyl sites for hydroxylation is 5. The van der Waals surface area contributed by atoms with Crippen molar-refractivity contribution in [3.8, 4) is 0 Å². The van der Waals surface area contributed by atoms with Gasteiger partial charge in [-0.2, -0.15) is 32.5 Å². The molecule has 0 bridgehead atoms. The molecule has 0 radical (unpaired) electrons. The SMILES string of the molecule is CC.CC(C)c1c[nH]cc1C(C)C.CC(C)c1nn(C)nc1C(C)C.CC(C)c1nonc1C(C)C.CC(C)c1nsnc1C(C)C.Cc1noc(C(C)C)c1C(C)C.Cc1nsc(C(C)C)c1C(C)C.Cc1onc(C(C)C)c1C(C)C.Cc1snc(C(C)C)c1C(C)C. The van der Waals surface area contributed by atoms with Gasteiger partial charge in [0.25, 0.3) is 0 Å². The molecule has 0 aromatic carbocycles. The van der Waals surface area contributed by atoms with Crippen LogP contribution in [0.5, 0.6) is 0 Å². The molecule has 8 aromatic rings. The van der Waals surface area contributed by atoms with E-state index < -0.39 is 0 Å². The number of hydrogen-bond acceptors (Lipinski definition) is 16. The maximum absolute atomic E-state index is 5.27. The van der Waals surface area contributed by atoms with Gasteiger partial charge in [-0.3, -0.25) is 0 Å². The Labute approximate surface area is 591 Å². The van der Waals surface area contributed by atoms with E-state index in [1.807, 2.05) is 34.7 Å². The summed E-state index contributed by atoms with van der Waals surface area (Å²) in [4.78, 5) is 7.66. The summed E-state index contributed by atoms with van der Waals surface area (Å²) in [6, 6.07) is 0. The van der Waals surface area contributed by atoms with Gasteiger partial charge in [0.1, 0.15) is 22.9 Å². The number of rotatable bonds is 16. The molecule has 0 fully saturated rings. The van der Waals surface area contributed by atoms with Crippen molar-refractivity contribution in [2.75, 3.05) is 0 Å². The zero-order valence-electron chi connectivity index (χ0n) is 67.3. The van der Waals surface area contributed by atoms with E-state index in [0.717, 1.165) is 45.7 Å². The average molecular weight is 1370 g/mol. The van der Waals surface area contributed by atoms with Crippen molar-refractivity contribution in [3.63, 3.8) is 0 Å². The molecule has 18 heteroatoms. The number of nitrogens with zero attached hydrogens (tertiary/aromatic N) is 11. The lowest BCUT2D eigenvalue weighted by molar-refractivity contribution is 0.298. The third-order valence-corrected chi connectivity index (χ3v) is 18.0. The van der Waals surface area contributed by atoms with Crippen molar-refractivity contribution in [2.24, 2.45) is 7.05 Å². The molecule has 0 aliphatic carbocycles. The first-order valence-corrected chi connectivity index (χ1v) is 37.9. The number of nitrogens with one attached hydrogen (secondary N) is 1. The van der Waals surface area contributed by atoms with E-state index in [1.165, 1.54) is 77.6 Å². The van der Waals surface area contributed by atoms with Gasteiger partial charge in [-0.1, -0.05) is 256 Å². The van der Waals surface area contributed by atoms with E-state index in [1.54, 1.807) is 27.9 Å². The van der Waals surface area contributed by atoms with Crippen molar-refractivity contribution in [3.05, 3.63) is 124 Å². The topological polar surface area (TPSA) is 189 Å². The van der Waals surface area contributed by atoms with E-state index in [9.17, 15) is 0 Å². The van der Waals surface area contributed by atoms with Gasteiger partial charge < -0.3 is 14.0 Å². The van der Waals surface area contributed by atoms with Crippen molar-refractivity contribution in [1.82, 2.24) is 58.1 Å². The molecular formula is C77H136N12O3S3. The van der Waals surface area contributed by atoms with Gasteiger partial charge in [0, 0.05) is 58.1 Å². The Kier molecular flexibility index (Phi) is 41.5. The number of aromatic amines is 1. The fraction of sp³-hybridized carbons (Fsp3) is 0.714. The van der Waals surface area contributed by atoms with Crippen LogP contribution in [-0.4, -0.2) is 58.1 Å². The summed E-state index contributed by atoms with van der Waals surface area (Å²) in [7, 11) is 1.87. The van der Waals surface area contributed by atoms with Gasteiger partial charge in [0.05, 0.1) is 57.3 Å². The summed E-state index contributed by atoms with van der Waals surface area (Å²) >= 11 is 4.62. The van der Waals surface area contributed by atoms with Crippen LogP contribution in [0.2, 0.25) is 0 Å². The second-order valence-electron chi connectivity index (χ2n) is 29.5. The summed E-state index contributed by atoms with van der Waals surface area (Å²) in [5.74, 6) is 10.4. The van der Waals surface area contributed by atoms with Gasteiger partial charge in [-0.05, 0) is 150 Å². The highest BCUT2D eigenvalue weighted by molar-refractivity contribution is 7.06. The minimum absolute atomic E-state index is 0.402. The molecule has 0 amide bonds. The second kappa shape index (κ2) is 44.0. The Balaban J connectivity index is 0.00000106. The molecule has 0 saturated carbocycles.